The molecule has 0 N–H and O–H groups in total. The first-order chi connectivity index (χ1) is 13.6. The fourth-order valence-corrected chi connectivity index (χ4v) is 6.77. The number of benzene rings is 1. The molecule has 4 bridgehead atoms. The molecule has 4 nitrogen and oxygen atoms in total. The summed E-state index contributed by atoms with van der Waals surface area (Å²) >= 11 is 0. The van der Waals surface area contributed by atoms with Gasteiger partial charge in [0, 0.05) is 25.8 Å². The number of carbonyl (C=O) groups excluding carboxylic acids is 1. The number of hydrogen-bond acceptors (Lipinski definition) is 4. The van der Waals surface area contributed by atoms with Crippen molar-refractivity contribution < 1.29 is 9.53 Å². The first-order valence-electron chi connectivity index (χ1n) is 11.4. The second kappa shape index (κ2) is 7.37. The van der Waals surface area contributed by atoms with Crippen molar-refractivity contribution in [2.75, 3.05) is 38.1 Å². The maximum Gasteiger partial charge on any atom is 0.317 e. The molecule has 0 amide bonds. The van der Waals surface area contributed by atoms with Gasteiger partial charge < -0.3 is 14.5 Å². The fourth-order valence-electron chi connectivity index (χ4n) is 6.77. The summed E-state index contributed by atoms with van der Waals surface area (Å²) in [5, 5.41) is 0. The zero-order valence-corrected chi connectivity index (χ0v) is 17.2. The predicted octanol–water partition coefficient (Wildman–Crippen LogP) is 4.34. The van der Waals surface area contributed by atoms with E-state index in [1.165, 1.54) is 50.9 Å². The van der Waals surface area contributed by atoms with Gasteiger partial charge in [0.25, 0.3) is 0 Å². The van der Waals surface area contributed by atoms with E-state index in [1.807, 2.05) is 12.1 Å². The Morgan fingerprint density at radius 2 is 1.61 bits per heavy atom. The molecular weight excluding hydrogens is 348 g/mol. The van der Waals surface area contributed by atoms with Crippen LogP contribution in [0.3, 0.4) is 0 Å². The van der Waals surface area contributed by atoms with E-state index in [0.717, 1.165) is 50.1 Å². The molecule has 0 aromatic heterocycles. The van der Waals surface area contributed by atoms with Crippen molar-refractivity contribution in [1.82, 2.24) is 4.90 Å². The Labute approximate surface area is 169 Å². The predicted molar refractivity (Wildman–Crippen MR) is 112 cm³/mol. The molecule has 5 aliphatic rings. The lowest BCUT2D eigenvalue weighted by Gasteiger charge is -2.55. The van der Waals surface area contributed by atoms with Gasteiger partial charge in [0.15, 0.2) is 0 Å². The quantitative estimate of drug-likeness (QED) is 0.541. The van der Waals surface area contributed by atoms with Crippen LogP contribution in [0.4, 0.5) is 5.69 Å². The number of likely N-dealkylation sites (tertiary alicyclic amines) is 1. The third kappa shape index (κ3) is 3.56. The molecule has 1 aliphatic heterocycles. The first kappa shape index (κ1) is 18.5. The summed E-state index contributed by atoms with van der Waals surface area (Å²) in [5.74, 6) is 3.06. The van der Waals surface area contributed by atoms with Crippen LogP contribution in [0.1, 0.15) is 51.4 Å². The summed E-state index contributed by atoms with van der Waals surface area (Å²) in [7, 11) is 2.15. The second-order valence-electron chi connectivity index (χ2n) is 10.1. The summed E-state index contributed by atoms with van der Waals surface area (Å²) in [6.45, 7) is 4.64. The summed E-state index contributed by atoms with van der Waals surface area (Å²) < 4.78 is 5.91. The minimum atomic E-state index is -0.181. The topological polar surface area (TPSA) is 32.8 Å². The molecule has 1 aromatic carbocycles. The van der Waals surface area contributed by atoms with Crippen molar-refractivity contribution in [3.05, 3.63) is 24.3 Å². The van der Waals surface area contributed by atoms with Crippen molar-refractivity contribution in [3.8, 4) is 5.75 Å². The SMILES string of the molecule is CN(CCN1CCCC1)c1ccc(OC(=O)C23CC4CC(CC(C4)C2)C3)cc1. The Balaban J connectivity index is 1.18. The van der Waals surface area contributed by atoms with Gasteiger partial charge in [0.1, 0.15) is 5.75 Å². The summed E-state index contributed by atoms with van der Waals surface area (Å²) in [6, 6.07) is 8.12. The first-order valence-corrected chi connectivity index (χ1v) is 11.4. The minimum absolute atomic E-state index is 0.0433. The van der Waals surface area contributed by atoms with Crippen LogP contribution in [-0.4, -0.2) is 44.1 Å². The van der Waals surface area contributed by atoms with E-state index in [4.69, 9.17) is 4.74 Å². The molecule has 0 radical (unpaired) electrons. The molecule has 6 rings (SSSR count). The summed E-state index contributed by atoms with van der Waals surface area (Å²) in [4.78, 5) is 17.9. The van der Waals surface area contributed by atoms with Gasteiger partial charge >= 0.3 is 5.97 Å². The highest BCUT2D eigenvalue weighted by Gasteiger charge is 2.55. The van der Waals surface area contributed by atoms with Crippen molar-refractivity contribution in [3.63, 3.8) is 0 Å². The molecule has 0 unspecified atom stereocenters. The summed E-state index contributed by atoms with van der Waals surface area (Å²) in [6.07, 6.45) is 9.93. The molecule has 152 valence electrons. The number of hydrogen-bond donors (Lipinski definition) is 0. The third-order valence-electron chi connectivity index (χ3n) is 7.91. The number of esters is 1. The van der Waals surface area contributed by atoms with E-state index in [2.05, 4.69) is 29.0 Å². The van der Waals surface area contributed by atoms with Gasteiger partial charge in [0.05, 0.1) is 5.41 Å². The fraction of sp³-hybridized carbons (Fsp3) is 0.708. The molecule has 4 aliphatic carbocycles. The van der Waals surface area contributed by atoms with Crippen LogP contribution < -0.4 is 9.64 Å². The normalized spacial score (nSPS) is 34.0. The zero-order valence-electron chi connectivity index (χ0n) is 17.2. The Bertz CT molecular complexity index is 673. The Morgan fingerprint density at radius 1 is 1.04 bits per heavy atom. The molecule has 1 heterocycles. The minimum Gasteiger partial charge on any atom is -0.426 e. The molecule has 0 atom stereocenters. The van der Waals surface area contributed by atoms with Gasteiger partial charge in [-0.25, -0.2) is 0 Å². The molecular formula is C24H34N2O2. The number of anilines is 1. The highest BCUT2D eigenvalue weighted by molar-refractivity contribution is 5.80. The average molecular weight is 383 g/mol. The van der Waals surface area contributed by atoms with E-state index in [9.17, 15) is 4.79 Å². The van der Waals surface area contributed by atoms with Crippen molar-refractivity contribution in [2.24, 2.45) is 23.2 Å². The van der Waals surface area contributed by atoms with Crippen molar-refractivity contribution in [1.29, 1.82) is 0 Å². The summed E-state index contributed by atoms with van der Waals surface area (Å²) in [5.41, 5.74) is 1.01. The lowest BCUT2D eigenvalue weighted by Crippen LogP contribution is -2.51. The van der Waals surface area contributed by atoms with Gasteiger partial charge in [-0.15, -0.1) is 0 Å². The van der Waals surface area contributed by atoms with Gasteiger partial charge in [-0.05, 0) is 106 Å². The van der Waals surface area contributed by atoms with Crippen molar-refractivity contribution >= 4 is 11.7 Å². The molecule has 1 saturated heterocycles. The van der Waals surface area contributed by atoms with Gasteiger partial charge in [0.2, 0.25) is 0 Å². The van der Waals surface area contributed by atoms with E-state index in [-0.39, 0.29) is 11.4 Å². The van der Waals surface area contributed by atoms with E-state index < -0.39 is 0 Å². The van der Waals surface area contributed by atoms with Gasteiger partial charge in [-0.3, -0.25) is 4.79 Å². The highest BCUT2D eigenvalue weighted by atomic mass is 16.5. The highest BCUT2D eigenvalue weighted by Crippen LogP contribution is 2.60. The van der Waals surface area contributed by atoms with Crippen LogP contribution in [0.25, 0.3) is 0 Å². The van der Waals surface area contributed by atoms with E-state index >= 15 is 0 Å². The van der Waals surface area contributed by atoms with Crippen molar-refractivity contribution in [2.45, 2.75) is 51.4 Å². The molecule has 28 heavy (non-hydrogen) atoms. The van der Waals surface area contributed by atoms with E-state index in [1.54, 1.807) is 0 Å². The maximum atomic E-state index is 13.1. The maximum absolute atomic E-state index is 13.1. The monoisotopic (exact) mass is 382 g/mol. The van der Waals surface area contributed by atoms with Crippen LogP contribution in [0.2, 0.25) is 0 Å². The van der Waals surface area contributed by atoms with Crippen LogP contribution in [0.5, 0.6) is 5.75 Å². The van der Waals surface area contributed by atoms with Gasteiger partial charge in [-0.2, -0.15) is 0 Å². The number of rotatable bonds is 6. The molecule has 4 heteroatoms. The van der Waals surface area contributed by atoms with Crippen LogP contribution >= 0.6 is 0 Å². The third-order valence-corrected chi connectivity index (χ3v) is 7.91. The zero-order chi connectivity index (χ0) is 19.1. The lowest BCUT2D eigenvalue weighted by atomic mass is 9.49. The Morgan fingerprint density at radius 3 is 2.18 bits per heavy atom. The lowest BCUT2D eigenvalue weighted by molar-refractivity contribution is -0.161. The Kier molecular flexibility index (Phi) is 4.86. The number of likely N-dealkylation sites (N-methyl/N-ethyl adjacent to an activating group) is 1. The number of nitrogens with zero attached hydrogens (tertiary/aromatic N) is 2. The van der Waals surface area contributed by atoms with Crippen LogP contribution in [0, 0.1) is 23.2 Å². The molecule has 1 aromatic rings. The average Bonchev–Trinajstić information content (AvgIpc) is 3.19. The molecule has 4 saturated carbocycles. The van der Waals surface area contributed by atoms with Gasteiger partial charge in [-0.1, -0.05) is 0 Å². The smallest absolute Gasteiger partial charge is 0.317 e. The number of ether oxygens (including phenoxy) is 1. The number of carbonyl (C=O) groups is 1. The molecule has 5 fully saturated rings. The van der Waals surface area contributed by atoms with Crippen LogP contribution in [-0.2, 0) is 4.79 Å². The largest absolute Gasteiger partial charge is 0.426 e. The Hall–Kier alpha value is -1.55. The standard InChI is InChI=1S/C24H34N2O2/c1-25(10-11-26-8-2-3-9-26)21-4-6-22(7-5-21)28-23(27)24-15-18-12-19(16-24)14-20(13-18)17-24/h4-7,18-20H,2-3,8-17H2,1H3. The molecule has 0 spiro atoms. The van der Waals surface area contributed by atoms with Crippen LogP contribution in [0.15, 0.2) is 24.3 Å². The van der Waals surface area contributed by atoms with E-state index in [0.29, 0.717) is 5.75 Å². The second-order valence-corrected chi connectivity index (χ2v) is 10.1.